The molecule has 0 fully saturated rings. The average Bonchev–Trinajstić information content (AvgIpc) is 2.37. The molecule has 1 aliphatic rings. The van der Waals surface area contributed by atoms with Gasteiger partial charge in [-0.2, -0.15) is 0 Å². The average molecular weight is 158 g/mol. The van der Waals surface area contributed by atoms with Crippen molar-refractivity contribution in [2.45, 2.75) is 19.4 Å². The second-order valence-electron chi connectivity index (χ2n) is 2.42. The van der Waals surface area contributed by atoms with E-state index in [-0.39, 0.29) is 6.04 Å². The molecule has 4 nitrogen and oxygen atoms in total. The number of amidine groups is 1. The summed E-state index contributed by atoms with van der Waals surface area (Å²) in [7, 11) is 0. The summed E-state index contributed by atoms with van der Waals surface area (Å²) in [6.07, 6.45) is 0.897. The van der Waals surface area contributed by atoms with Crippen LogP contribution in [0.4, 0.5) is 0 Å². The molecule has 4 heteroatoms. The lowest BCUT2D eigenvalue weighted by molar-refractivity contribution is 0.136. The Bertz CT molecular complexity index is 147. The van der Waals surface area contributed by atoms with Crippen LogP contribution < -0.4 is 5.73 Å². The van der Waals surface area contributed by atoms with E-state index >= 15 is 0 Å². The van der Waals surface area contributed by atoms with Crippen molar-refractivity contribution in [3.05, 3.63) is 0 Å². The number of ether oxygens (including phenoxy) is 2. The molecule has 0 aromatic rings. The van der Waals surface area contributed by atoms with Gasteiger partial charge in [0.15, 0.2) is 0 Å². The number of aliphatic imine (C=N–C) groups is 1. The normalized spacial score (nSPS) is 23.0. The quantitative estimate of drug-likeness (QED) is 0.591. The van der Waals surface area contributed by atoms with Crippen molar-refractivity contribution in [1.82, 2.24) is 0 Å². The van der Waals surface area contributed by atoms with Crippen molar-refractivity contribution in [2.75, 3.05) is 19.8 Å². The molecule has 1 atom stereocenters. The van der Waals surface area contributed by atoms with Gasteiger partial charge < -0.3 is 15.2 Å². The van der Waals surface area contributed by atoms with Crippen molar-refractivity contribution in [2.24, 2.45) is 10.7 Å². The van der Waals surface area contributed by atoms with Crippen LogP contribution in [0.5, 0.6) is 0 Å². The van der Waals surface area contributed by atoms with Crippen molar-refractivity contribution < 1.29 is 9.47 Å². The highest BCUT2D eigenvalue weighted by atomic mass is 16.5. The molecule has 1 heterocycles. The van der Waals surface area contributed by atoms with Gasteiger partial charge in [-0.1, -0.05) is 0 Å². The molecule has 0 amide bonds. The lowest BCUT2D eigenvalue weighted by Crippen LogP contribution is -2.11. The van der Waals surface area contributed by atoms with Crippen LogP contribution in [0.25, 0.3) is 0 Å². The van der Waals surface area contributed by atoms with E-state index in [1.807, 2.05) is 6.92 Å². The highest BCUT2D eigenvalue weighted by Gasteiger charge is 2.15. The predicted octanol–water partition coefficient (Wildman–Crippen LogP) is 0.127. The Labute approximate surface area is 66.4 Å². The minimum atomic E-state index is 0.210. The maximum atomic E-state index is 5.32. The first-order chi connectivity index (χ1) is 5.33. The first-order valence-electron chi connectivity index (χ1n) is 3.86. The van der Waals surface area contributed by atoms with Gasteiger partial charge in [-0.25, -0.2) is 4.99 Å². The summed E-state index contributed by atoms with van der Waals surface area (Å²) in [6.45, 7) is 4.08. The minimum absolute atomic E-state index is 0.210. The monoisotopic (exact) mass is 158 g/mol. The Balaban J connectivity index is 2.08. The van der Waals surface area contributed by atoms with Crippen LogP contribution >= 0.6 is 0 Å². The largest absolute Gasteiger partial charge is 0.463 e. The second kappa shape index (κ2) is 4.18. The Morgan fingerprint density at radius 2 is 2.64 bits per heavy atom. The van der Waals surface area contributed by atoms with Gasteiger partial charge in [0.1, 0.15) is 6.61 Å². The first kappa shape index (κ1) is 8.33. The van der Waals surface area contributed by atoms with Crippen LogP contribution in [0.1, 0.15) is 13.3 Å². The third kappa shape index (κ3) is 2.76. The molecule has 0 saturated heterocycles. The summed E-state index contributed by atoms with van der Waals surface area (Å²) in [4.78, 5) is 4.05. The van der Waals surface area contributed by atoms with Gasteiger partial charge in [-0.05, 0) is 13.3 Å². The Morgan fingerprint density at radius 3 is 3.18 bits per heavy atom. The maximum Gasteiger partial charge on any atom is 0.282 e. The van der Waals surface area contributed by atoms with Gasteiger partial charge in [0.25, 0.3) is 6.02 Å². The zero-order valence-corrected chi connectivity index (χ0v) is 6.75. The third-order valence-electron chi connectivity index (χ3n) is 1.53. The fourth-order valence-electron chi connectivity index (χ4n) is 0.948. The van der Waals surface area contributed by atoms with Gasteiger partial charge >= 0.3 is 0 Å². The molecule has 0 unspecified atom stereocenters. The zero-order valence-electron chi connectivity index (χ0n) is 6.75. The molecule has 0 aromatic carbocycles. The molecular weight excluding hydrogens is 144 g/mol. The molecule has 1 rings (SSSR count). The Hall–Kier alpha value is -0.770. The second-order valence-corrected chi connectivity index (χ2v) is 2.42. The Morgan fingerprint density at radius 1 is 1.82 bits per heavy atom. The van der Waals surface area contributed by atoms with Crippen molar-refractivity contribution in [1.29, 1.82) is 0 Å². The van der Waals surface area contributed by atoms with Crippen molar-refractivity contribution in [3.63, 3.8) is 0 Å². The minimum Gasteiger partial charge on any atom is -0.463 e. The van der Waals surface area contributed by atoms with Crippen molar-refractivity contribution >= 4 is 6.02 Å². The van der Waals surface area contributed by atoms with E-state index < -0.39 is 0 Å². The van der Waals surface area contributed by atoms with Crippen LogP contribution in [0.3, 0.4) is 0 Å². The fourth-order valence-corrected chi connectivity index (χ4v) is 0.948. The summed E-state index contributed by atoms with van der Waals surface area (Å²) < 4.78 is 10.1. The Kier molecular flexibility index (Phi) is 3.16. The van der Waals surface area contributed by atoms with Crippen LogP contribution in [-0.4, -0.2) is 31.9 Å². The van der Waals surface area contributed by atoms with E-state index in [1.165, 1.54) is 0 Å². The van der Waals surface area contributed by atoms with E-state index in [2.05, 4.69) is 4.99 Å². The van der Waals surface area contributed by atoms with Crippen molar-refractivity contribution in [3.8, 4) is 0 Å². The highest BCUT2D eigenvalue weighted by Crippen LogP contribution is 2.05. The molecule has 64 valence electrons. The summed E-state index contributed by atoms with van der Waals surface area (Å²) in [5.74, 6) is 0. The summed E-state index contributed by atoms with van der Waals surface area (Å²) in [6, 6.07) is 0.521. The molecule has 0 spiro atoms. The number of nitrogens with zero attached hydrogens (tertiary/aromatic N) is 1. The van der Waals surface area contributed by atoms with Gasteiger partial charge in [0.2, 0.25) is 0 Å². The lowest BCUT2D eigenvalue weighted by atomic mass is 10.2. The van der Waals surface area contributed by atoms with Gasteiger partial charge in [-0.3, -0.25) is 0 Å². The van der Waals surface area contributed by atoms with Gasteiger partial charge in [-0.15, -0.1) is 0 Å². The van der Waals surface area contributed by atoms with E-state index in [4.69, 9.17) is 15.2 Å². The van der Waals surface area contributed by atoms with Crippen LogP contribution in [-0.2, 0) is 9.47 Å². The molecule has 2 N–H and O–H groups in total. The summed E-state index contributed by atoms with van der Waals surface area (Å²) in [5.41, 5.74) is 5.32. The highest BCUT2D eigenvalue weighted by molar-refractivity contribution is 5.72. The molecule has 0 bridgehead atoms. The molecular formula is C7H14N2O2. The molecule has 0 radical (unpaired) electrons. The zero-order chi connectivity index (χ0) is 8.10. The van der Waals surface area contributed by atoms with E-state index in [0.717, 1.165) is 19.6 Å². The standard InChI is InChI=1S/C7H14N2O2/c1-2-10-4-3-6-5-11-7(8)9-6/h6H,2-5H2,1H3,(H2,8,9)/t6-/m0/s1. The number of hydrogen-bond acceptors (Lipinski definition) is 4. The smallest absolute Gasteiger partial charge is 0.282 e. The number of hydrogen-bond donors (Lipinski definition) is 1. The summed E-state index contributed by atoms with van der Waals surface area (Å²) >= 11 is 0. The lowest BCUT2D eigenvalue weighted by Gasteiger charge is -2.03. The summed E-state index contributed by atoms with van der Waals surface area (Å²) in [5, 5.41) is 0. The topological polar surface area (TPSA) is 56.8 Å². The molecule has 11 heavy (non-hydrogen) atoms. The fraction of sp³-hybridized carbons (Fsp3) is 0.857. The van der Waals surface area contributed by atoms with E-state index in [9.17, 15) is 0 Å². The van der Waals surface area contributed by atoms with Crippen LogP contribution in [0.2, 0.25) is 0 Å². The molecule has 0 saturated carbocycles. The van der Waals surface area contributed by atoms with E-state index in [1.54, 1.807) is 0 Å². The van der Waals surface area contributed by atoms with Crippen LogP contribution in [0.15, 0.2) is 4.99 Å². The number of nitrogens with two attached hydrogens (primary N) is 1. The van der Waals surface area contributed by atoms with Gasteiger partial charge in [0.05, 0.1) is 6.04 Å². The molecule has 0 aliphatic carbocycles. The predicted molar refractivity (Wildman–Crippen MR) is 42.5 cm³/mol. The van der Waals surface area contributed by atoms with E-state index in [0.29, 0.717) is 12.6 Å². The first-order valence-corrected chi connectivity index (χ1v) is 3.86. The van der Waals surface area contributed by atoms with Gasteiger partial charge in [0, 0.05) is 13.2 Å². The SMILES string of the molecule is CCOCC[C@H]1COC(N)=N1. The molecule has 1 aliphatic heterocycles. The third-order valence-corrected chi connectivity index (χ3v) is 1.53. The molecule has 0 aromatic heterocycles. The maximum absolute atomic E-state index is 5.32. The van der Waals surface area contributed by atoms with Crippen LogP contribution in [0, 0.1) is 0 Å². The number of rotatable bonds is 4.